The summed E-state index contributed by atoms with van der Waals surface area (Å²) in [5, 5.41) is 13.0. The summed E-state index contributed by atoms with van der Waals surface area (Å²) in [7, 11) is 0. The number of aryl methyl sites for hydroxylation is 1. The number of carbonyl (C=O) groups is 1. The number of rotatable bonds is 5. The Balaban J connectivity index is 1.39. The molecule has 1 saturated heterocycles. The van der Waals surface area contributed by atoms with Crippen molar-refractivity contribution in [1.82, 2.24) is 20.8 Å². The first-order valence-corrected chi connectivity index (χ1v) is 9.12. The molecule has 0 radical (unpaired) electrons. The first-order valence-electron chi connectivity index (χ1n) is 9.12. The minimum Gasteiger partial charge on any atom is -0.339 e. The normalized spacial score (nSPS) is 25.4. The monoisotopic (exact) mass is 357 g/mol. The average Bonchev–Trinajstić information content (AvgIpc) is 3.33. The smallest absolute Gasteiger partial charge is 0.238 e. The van der Waals surface area contributed by atoms with Crippen LogP contribution in [0, 0.1) is 18.7 Å². The Bertz CT molecular complexity index is 820. The molecule has 0 spiro atoms. The van der Waals surface area contributed by atoms with Crippen molar-refractivity contribution in [3.05, 3.63) is 41.5 Å². The highest BCUT2D eigenvalue weighted by atomic mass is 19.1. The van der Waals surface area contributed by atoms with Crippen LogP contribution in [-0.2, 0) is 11.2 Å². The van der Waals surface area contributed by atoms with Crippen LogP contribution in [0.3, 0.4) is 0 Å². The molecule has 1 aliphatic heterocycles. The number of piperidine rings is 1. The number of aromatic nitrogens is 2. The molecule has 2 aliphatic rings. The molecular formula is C19H24FN5O. The van der Waals surface area contributed by atoms with E-state index in [1.165, 1.54) is 6.07 Å². The van der Waals surface area contributed by atoms with Gasteiger partial charge in [-0.3, -0.25) is 9.89 Å². The molecule has 2 fully saturated rings. The summed E-state index contributed by atoms with van der Waals surface area (Å²) in [4.78, 5) is 12.4. The number of fused-ring (bicyclic) bond motifs is 2. The third kappa shape index (κ3) is 3.24. The quantitative estimate of drug-likeness (QED) is 0.611. The molecule has 6 nitrogen and oxygen atoms in total. The second kappa shape index (κ2) is 6.81. The van der Waals surface area contributed by atoms with Crippen LogP contribution in [0.25, 0.3) is 11.1 Å². The molecule has 1 unspecified atom stereocenters. The molecule has 138 valence electrons. The predicted octanol–water partition coefficient (Wildman–Crippen LogP) is 1.61. The van der Waals surface area contributed by atoms with E-state index in [1.54, 1.807) is 12.3 Å². The highest BCUT2D eigenvalue weighted by Gasteiger charge is 2.42. The van der Waals surface area contributed by atoms with Gasteiger partial charge >= 0.3 is 0 Å². The van der Waals surface area contributed by atoms with Crippen LogP contribution in [-0.4, -0.2) is 34.4 Å². The van der Waals surface area contributed by atoms with E-state index < -0.39 is 6.17 Å². The first kappa shape index (κ1) is 17.2. The van der Waals surface area contributed by atoms with Crippen molar-refractivity contribution in [2.75, 3.05) is 0 Å². The Labute approximate surface area is 151 Å². The van der Waals surface area contributed by atoms with Gasteiger partial charge in [0, 0.05) is 23.7 Å². The summed E-state index contributed by atoms with van der Waals surface area (Å²) in [5.41, 5.74) is 9.07. The number of H-pyrrole nitrogens is 1. The molecule has 1 aromatic carbocycles. The Kier molecular flexibility index (Phi) is 4.50. The van der Waals surface area contributed by atoms with Crippen molar-refractivity contribution < 1.29 is 9.18 Å². The van der Waals surface area contributed by atoms with E-state index in [4.69, 9.17) is 5.73 Å². The van der Waals surface area contributed by atoms with Crippen LogP contribution in [0.4, 0.5) is 4.39 Å². The summed E-state index contributed by atoms with van der Waals surface area (Å²) in [6.45, 7) is 1.89. The molecular weight excluding hydrogens is 333 g/mol. The molecule has 5 N–H and O–H groups in total. The van der Waals surface area contributed by atoms with E-state index in [-0.39, 0.29) is 24.2 Å². The number of hydrogen-bond acceptors (Lipinski definition) is 4. The molecule has 4 rings (SSSR count). The van der Waals surface area contributed by atoms with Gasteiger partial charge in [-0.05, 0) is 49.3 Å². The Morgan fingerprint density at radius 2 is 2.31 bits per heavy atom. The van der Waals surface area contributed by atoms with Gasteiger partial charge in [0.15, 0.2) is 0 Å². The van der Waals surface area contributed by atoms with Crippen LogP contribution in [0.2, 0.25) is 0 Å². The lowest BCUT2D eigenvalue weighted by molar-refractivity contribution is -0.124. The minimum absolute atomic E-state index is 0.0734. The largest absolute Gasteiger partial charge is 0.339 e. The summed E-state index contributed by atoms with van der Waals surface area (Å²) in [6.07, 6.45) is 4.63. The van der Waals surface area contributed by atoms with Crippen molar-refractivity contribution in [3.63, 3.8) is 0 Å². The van der Waals surface area contributed by atoms with E-state index in [0.29, 0.717) is 17.5 Å². The van der Waals surface area contributed by atoms with E-state index in [0.717, 1.165) is 36.1 Å². The number of carbonyl (C=O) groups excluding carboxylic acids is 1. The number of amides is 1. The lowest BCUT2D eigenvalue weighted by atomic mass is 9.99. The van der Waals surface area contributed by atoms with E-state index in [2.05, 4.69) is 20.8 Å². The fraction of sp³-hybridized carbons (Fsp3) is 0.474. The number of nitrogens with two attached hydrogens (primary N) is 1. The van der Waals surface area contributed by atoms with Crippen LogP contribution in [0.15, 0.2) is 24.4 Å². The number of nitrogens with one attached hydrogen (secondary N) is 3. The molecule has 2 aromatic rings. The summed E-state index contributed by atoms with van der Waals surface area (Å²) < 4.78 is 14.5. The SMILES string of the molecule is Cc1[nH]ncc1-c1ccc(CC(N)NC(=O)[C@H]2N[C@@H]3CC[C@H]2C3)c(F)c1. The topological polar surface area (TPSA) is 95.8 Å². The van der Waals surface area contributed by atoms with Gasteiger partial charge in [-0.2, -0.15) is 5.10 Å². The van der Waals surface area contributed by atoms with Crippen molar-refractivity contribution in [3.8, 4) is 11.1 Å². The standard InChI is InChI=1S/C19H24FN5O/c1-10-15(9-22-25-10)11-2-3-12(16(20)7-11)8-17(21)24-19(26)18-13-4-5-14(6-13)23-18/h2-3,7,9,13-14,17-18,23H,4-6,8,21H2,1H3,(H,22,25)(H,24,26)/t13-,14+,17?,18-/m0/s1. The highest BCUT2D eigenvalue weighted by molar-refractivity contribution is 5.83. The second-order valence-corrected chi connectivity index (χ2v) is 7.45. The number of halogens is 1. The van der Waals surface area contributed by atoms with Gasteiger partial charge in [-0.15, -0.1) is 0 Å². The van der Waals surface area contributed by atoms with Crippen LogP contribution in [0.1, 0.15) is 30.5 Å². The Morgan fingerprint density at radius 1 is 1.46 bits per heavy atom. The predicted molar refractivity (Wildman–Crippen MR) is 96.6 cm³/mol. The third-order valence-electron chi connectivity index (χ3n) is 5.60. The van der Waals surface area contributed by atoms with Gasteiger partial charge in [0.2, 0.25) is 5.91 Å². The molecule has 1 saturated carbocycles. The van der Waals surface area contributed by atoms with Crippen molar-refractivity contribution in [2.45, 2.75) is 50.9 Å². The average molecular weight is 357 g/mol. The number of nitrogens with zero attached hydrogens (tertiary/aromatic N) is 1. The lowest BCUT2D eigenvalue weighted by Crippen LogP contribution is -2.53. The fourth-order valence-corrected chi connectivity index (χ4v) is 4.23. The maximum absolute atomic E-state index is 14.5. The van der Waals surface area contributed by atoms with Gasteiger partial charge in [0.1, 0.15) is 5.82 Å². The zero-order valence-corrected chi connectivity index (χ0v) is 14.8. The van der Waals surface area contributed by atoms with E-state index >= 15 is 0 Å². The fourth-order valence-electron chi connectivity index (χ4n) is 4.23. The van der Waals surface area contributed by atoms with Gasteiger partial charge in [0.05, 0.1) is 18.4 Å². The molecule has 1 aliphatic carbocycles. The summed E-state index contributed by atoms with van der Waals surface area (Å²) in [5.74, 6) is 0.00279. The van der Waals surface area contributed by atoms with Gasteiger partial charge < -0.3 is 16.4 Å². The summed E-state index contributed by atoms with van der Waals surface area (Å²) >= 11 is 0. The van der Waals surface area contributed by atoms with Crippen LogP contribution >= 0.6 is 0 Å². The maximum Gasteiger partial charge on any atom is 0.238 e. The Morgan fingerprint density at radius 3 is 2.92 bits per heavy atom. The number of benzene rings is 1. The van der Waals surface area contributed by atoms with E-state index in [1.807, 2.05) is 13.0 Å². The zero-order chi connectivity index (χ0) is 18.3. The summed E-state index contributed by atoms with van der Waals surface area (Å²) in [6, 6.07) is 5.36. The van der Waals surface area contributed by atoms with Gasteiger partial charge in [-0.25, -0.2) is 4.39 Å². The third-order valence-corrected chi connectivity index (χ3v) is 5.60. The molecule has 4 atom stereocenters. The maximum atomic E-state index is 14.5. The van der Waals surface area contributed by atoms with Gasteiger partial charge in [0.25, 0.3) is 0 Å². The number of aromatic amines is 1. The molecule has 2 bridgehead atoms. The number of hydrogen-bond donors (Lipinski definition) is 4. The molecule has 2 heterocycles. The zero-order valence-electron chi connectivity index (χ0n) is 14.8. The first-order chi connectivity index (χ1) is 12.5. The van der Waals surface area contributed by atoms with Crippen molar-refractivity contribution >= 4 is 5.91 Å². The highest BCUT2D eigenvalue weighted by Crippen LogP contribution is 2.35. The lowest BCUT2D eigenvalue weighted by Gasteiger charge is -2.24. The van der Waals surface area contributed by atoms with E-state index in [9.17, 15) is 9.18 Å². The van der Waals surface area contributed by atoms with Gasteiger partial charge in [-0.1, -0.05) is 12.1 Å². The molecule has 1 aromatic heterocycles. The molecule has 1 amide bonds. The van der Waals surface area contributed by atoms with Crippen LogP contribution < -0.4 is 16.4 Å². The molecule has 26 heavy (non-hydrogen) atoms. The van der Waals surface area contributed by atoms with Crippen LogP contribution in [0.5, 0.6) is 0 Å². The van der Waals surface area contributed by atoms with Crippen molar-refractivity contribution in [2.24, 2.45) is 11.7 Å². The Hall–Kier alpha value is -2.25. The molecule has 7 heteroatoms. The minimum atomic E-state index is -0.612. The second-order valence-electron chi connectivity index (χ2n) is 7.45. The van der Waals surface area contributed by atoms with Crippen molar-refractivity contribution in [1.29, 1.82) is 0 Å².